The van der Waals surface area contributed by atoms with Gasteiger partial charge in [0.05, 0.1) is 0 Å². The Morgan fingerprint density at radius 2 is 1.45 bits per heavy atom. The molecule has 0 heterocycles. The van der Waals surface area contributed by atoms with Crippen molar-refractivity contribution in [3.63, 3.8) is 0 Å². The zero-order chi connectivity index (χ0) is 9.28. The highest BCUT2D eigenvalue weighted by atomic mass is 14.9. The topological polar surface area (TPSA) is 12.0 Å². The van der Waals surface area contributed by atoms with Crippen LogP contribution in [0, 0.1) is 11.3 Å². The van der Waals surface area contributed by atoms with Crippen molar-refractivity contribution in [2.75, 3.05) is 0 Å². The van der Waals surface area contributed by atoms with Crippen molar-refractivity contribution in [3.05, 3.63) is 0 Å². The zero-order valence-electron chi connectivity index (χ0n) is 8.65. The molecule has 2 heteroatoms. The van der Waals surface area contributed by atoms with Crippen LogP contribution < -0.4 is 5.23 Å². The Morgan fingerprint density at radius 3 is 1.55 bits per heavy atom. The van der Waals surface area contributed by atoms with E-state index in [1.807, 2.05) is 0 Å². The van der Waals surface area contributed by atoms with Crippen LogP contribution in [0.25, 0.3) is 0 Å². The first-order valence-electron chi connectivity index (χ1n) is 4.19. The van der Waals surface area contributed by atoms with E-state index < -0.39 is 0 Å². The largest absolute Gasteiger partial charge is 0.361 e. The molecule has 0 aromatic rings. The minimum absolute atomic E-state index is 0.0122. The Kier molecular flexibility index (Phi) is 3.19. The van der Waals surface area contributed by atoms with Crippen LogP contribution in [0.1, 0.15) is 41.5 Å². The van der Waals surface area contributed by atoms with Crippen LogP contribution in [-0.4, -0.2) is 13.5 Å². The molecule has 0 aromatic carbocycles. The quantitative estimate of drug-likeness (QED) is 0.599. The van der Waals surface area contributed by atoms with Crippen LogP contribution in [-0.2, 0) is 0 Å². The van der Waals surface area contributed by atoms with Gasteiger partial charge in [0.2, 0.25) is 0 Å². The second-order valence-electron chi connectivity index (χ2n) is 4.95. The van der Waals surface area contributed by atoms with Crippen LogP contribution >= 0.6 is 0 Å². The molecule has 0 aliphatic carbocycles. The highest BCUT2D eigenvalue weighted by molar-refractivity contribution is 6.04. The summed E-state index contributed by atoms with van der Waals surface area (Å²) in [7, 11) is 5.45. The molecular formula is C9H20BN. The molecule has 0 saturated heterocycles. The van der Waals surface area contributed by atoms with Crippen molar-refractivity contribution < 1.29 is 0 Å². The maximum atomic E-state index is 5.45. The maximum absolute atomic E-state index is 5.45. The van der Waals surface area contributed by atoms with E-state index in [-0.39, 0.29) is 5.54 Å². The smallest absolute Gasteiger partial charge is 0.178 e. The molecule has 0 fully saturated rings. The standard InChI is InChI=1S/C9H20BN/c1-7(8(2,3)4)9(5,6)11-10/h7,11H,1-6H3. The second-order valence-corrected chi connectivity index (χ2v) is 4.95. The molecule has 1 atom stereocenters. The molecule has 11 heavy (non-hydrogen) atoms. The van der Waals surface area contributed by atoms with E-state index >= 15 is 0 Å². The summed E-state index contributed by atoms with van der Waals surface area (Å²) < 4.78 is 0. The lowest BCUT2D eigenvalue weighted by Crippen LogP contribution is -2.48. The number of rotatable bonds is 2. The third kappa shape index (κ3) is 2.86. The van der Waals surface area contributed by atoms with E-state index in [9.17, 15) is 0 Å². The predicted molar refractivity (Wildman–Crippen MR) is 51.6 cm³/mol. The van der Waals surface area contributed by atoms with Gasteiger partial charge in [-0.25, -0.2) is 0 Å². The average Bonchev–Trinajstić information content (AvgIpc) is 1.84. The number of nitrogens with one attached hydrogen (secondary N) is 1. The van der Waals surface area contributed by atoms with E-state index in [0.29, 0.717) is 11.3 Å². The fraction of sp³-hybridized carbons (Fsp3) is 1.00. The first-order chi connectivity index (χ1) is 4.72. The van der Waals surface area contributed by atoms with Crippen molar-refractivity contribution in [1.29, 1.82) is 0 Å². The van der Waals surface area contributed by atoms with Gasteiger partial charge in [-0.3, -0.25) is 0 Å². The van der Waals surface area contributed by atoms with Crippen LogP contribution in [0.2, 0.25) is 0 Å². The van der Waals surface area contributed by atoms with Gasteiger partial charge in [-0.1, -0.05) is 27.7 Å². The zero-order valence-corrected chi connectivity index (χ0v) is 8.65. The molecule has 1 nitrogen and oxygen atoms in total. The molecule has 0 aromatic heterocycles. The van der Waals surface area contributed by atoms with Gasteiger partial charge in [0.1, 0.15) is 0 Å². The summed E-state index contributed by atoms with van der Waals surface area (Å²) in [5.41, 5.74) is 0.314. The third-order valence-corrected chi connectivity index (χ3v) is 2.75. The lowest BCUT2D eigenvalue weighted by atomic mass is 9.71. The fourth-order valence-corrected chi connectivity index (χ4v) is 1.21. The van der Waals surface area contributed by atoms with Crippen LogP contribution in [0.15, 0.2) is 0 Å². The molecule has 0 spiro atoms. The van der Waals surface area contributed by atoms with E-state index in [0.717, 1.165) is 0 Å². The molecule has 2 radical (unpaired) electrons. The van der Waals surface area contributed by atoms with Crippen molar-refractivity contribution in [1.82, 2.24) is 5.23 Å². The highest BCUT2D eigenvalue weighted by Crippen LogP contribution is 2.33. The van der Waals surface area contributed by atoms with Crippen LogP contribution in [0.4, 0.5) is 0 Å². The molecule has 0 aliphatic rings. The predicted octanol–water partition coefficient (Wildman–Crippen LogP) is 2.12. The minimum Gasteiger partial charge on any atom is -0.361 e. The van der Waals surface area contributed by atoms with Crippen molar-refractivity contribution in [3.8, 4) is 0 Å². The number of hydrogen-bond acceptors (Lipinski definition) is 1. The van der Waals surface area contributed by atoms with E-state index in [1.165, 1.54) is 0 Å². The Morgan fingerprint density at radius 1 is 1.09 bits per heavy atom. The molecule has 64 valence electrons. The highest BCUT2D eigenvalue weighted by Gasteiger charge is 2.32. The molecule has 0 aliphatic heterocycles. The summed E-state index contributed by atoms with van der Waals surface area (Å²) in [6, 6.07) is 0. The monoisotopic (exact) mass is 153 g/mol. The first-order valence-corrected chi connectivity index (χ1v) is 4.19. The van der Waals surface area contributed by atoms with Gasteiger partial charge in [0.25, 0.3) is 0 Å². The Balaban J connectivity index is 4.35. The summed E-state index contributed by atoms with van der Waals surface area (Å²) in [6.45, 7) is 13.2. The Labute approximate surface area is 72.4 Å². The van der Waals surface area contributed by atoms with Crippen molar-refractivity contribution >= 4 is 7.98 Å². The molecule has 1 N–H and O–H groups in total. The van der Waals surface area contributed by atoms with Gasteiger partial charge < -0.3 is 5.23 Å². The minimum atomic E-state index is 0.0122. The van der Waals surface area contributed by atoms with Gasteiger partial charge in [-0.05, 0) is 25.2 Å². The summed E-state index contributed by atoms with van der Waals surface area (Å²) in [5, 5.41) is 2.85. The van der Waals surface area contributed by atoms with E-state index in [2.05, 4.69) is 46.8 Å². The number of hydrogen-bond donors (Lipinski definition) is 1. The summed E-state index contributed by atoms with van der Waals surface area (Å²) in [6.07, 6.45) is 0. The first kappa shape index (κ1) is 11.0. The maximum Gasteiger partial charge on any atom is 0.178 e. The van der Waals surface area contributed by atoms with E-state index in [4.69, 9.17) is 7.98 Å². The molecule has 1 unspecified atom stereocenters. The fourth-order valence-electron chi connectivity index (χ4n) is 1.21. The second kappa shape index (κ2) is 3.18. The molecule has 0 amide bonds. The van der Waals surface area contributed by atoms with Crippen molar-refractivity contribution in [2.45, 2.75) is 47.1 Å². The van der Waals surface area contributed by atoms with Gasteiger partial charge in [-0.2, -0.15) is 0 Å². The van der Waals surface area contributed by atoms with Gasteiger partial charge in [-0.15, -0.1) is 0 Å². The molecule has 0 bridgehead atoms. The normalized spacial score (nSPS) is 16.5. The Bertz CT molecular complexity index is 124. The summed E-state index contributed by atoms with van der Waals surface area (Å²) in [4.78, 5) is 0. The van der Waals surface area contributed by atoms with Gasteiger partial charge in [0.15, 0.2) is 7.98 Å². The van der Waals surface area contributed by atoms with Crippen LogP contribution in [0.5, 0.6) is 0 Å². The molecule has 0 rings (SSSR count). The van der Waals surface area contributed by atoms with E-state index in [1.54, 1.807) is 0 Å². The van der Waals surface area contributed by atoms with Gasteiger partial charge >= 0.3 is 0 Å². The lowest BCUT2D eigenvalue weighted by molar-refractivity contribution is 0.158. The summed E-state index contributed by atoms with van der Waals surface area (Å²) >= 11 is 0. The molecular weight excluding hydrogens is 133 g/mol. The summed E-state index contributed by atoms with van der Waals surface area (Å²) in [5.74, 6) is 0.542. The lowest BCUT2D eigenvalue weighted by Gasteiger charge is -2.40. The third-order valence-electron chi connectivity index (χ3n) is 2.75. The SMILES string of the molecule is [B]NC(C)(C)C(C)C(C)(C)C. The Hall–Kier alpha value is 0.0249. The van der Waals surface area contributed by atoms with Crippen molar-refractivity contribution in [2.24, 2.45) is 11.3 Å². The average molecular weight is 153 g/mol. The molecule has 0 saturated carbocycles. The van der Waals surface area contributed by atoms with Gasteiger partial charge in [0, 0.05) is 5.54 Å². The van der Waals surface area contributed by atoms with Crippen LogP contribution in [0.3, 0.4) is 0 Å².